The summed E-state index contributed by atoms with van der Waals surface area (Å²) in [4.78, 5) is 26.2. The van der Waals surface area contributed by atoms with Crippen molar-refractivity contribution in [2.24, 2.45) is 5.73 Å². The standard InChI is InChI=1S/C19H23N3O3/c20-17(23)10-15-12-25-8-7-21(15)11-14-9-18(24)22-6-2-4-13-3-1-5-16(14)19(13)22/h1,3,5,9,15H,2,4,6-8,10-12H2,(H2,20,23). The van der Waals surface area contributed by atoms with Gasteiger partial charge >= 0.3 is 0 Å². The zero-order valence-electron chi connectivity index (χ0n) is 14.2. The summed E-state index contributed by atoms with van der Waals surface area (Å²) < 4.78 is 7.41. The minimum atomic E-state index is -0.322. The molecular weight excluding hydrogens is 318 g/mol. The Kier molecular flexibility index (Phi) is 4.31. The quantitative estimate of drug-likeness (QED) is 0.901. The van der Waals surface area contributed by atoms with Crippen molar-refractivity contribution in [3.63, 3.8) is 0 Å². The molecule has 3 heterocycles. The molecule has 6 heteroatoms. The van der Waals surface area contributed by atoms with Crippen LogP contribution < -0.4 is 11.3 Å². The zero-order chi connectivity index (χ0) is 17.4. The number of primary amides is 1. The van der Waals surface area contributed by atoms with E-state index < -0.39 is 0 Å². The summed E-state index contributed by atoms with van der Waals surface area (Å²) in [6.45, 7) is 3.30. The lowest BCUT2D eigenvalue weighted by Crippen LogP contribution is -2.46. The predicted molar refractivity (Wildman–Crippen MR) is 95.4 cm³/mol. The molecule has 2 aromatic rings. The van der Waals surface area contributed by atoms with Crippen LogP contribution in [-0.2, 0) is 29.0 Å². The van der Waals surface area contributed by atoms with E-state index in [1.807, 2.05) is 4.57 Å². The number of morpholine rings is 1. The number of rotatable bonds is 4. The molecule has 25 heavy (non-hydrogen) atoms. The van der Waals surface area contributed by atoms with E-state index in [9.17, 15) is 9.59 Å². The van der Waals surface area contributed by atoms with Gasteiger partial charge in [-0.2, -0.15) is 0 Å². The van der Waals surface area contributed by atoms with Crippen LogP contribution in [0.4, 0.5) is 0 Å². The molecule has 2 N–H and O–H groups in total. The molecule has 0 spiro atoms. The highest BCUT2D eigenvalue weighted by Crippen LogP contribution is 2.27. The fourth-order valence-electron chi connectivity index (χ4n) is 4.10. The first-order valence-electron chi connectivity index (χ1n) is 8.88. The summed E-state index contributed by atoms with van der Waals surface area (Å²) in [5, 5.41) is 1.14. The second kappa shape index (κ2) is 6.61. The van der Waals surface area contributed by atoms with Crippen LogP contribution in [0.15, 0.2) is 29.1 Å². The van der Waals surface area contributed by atoms with Gasteiger partial charge in [0.1, 0.15) is 0 Å². The zero-order valence-corrected chi connectivity index (χ0v) is 14.2. The van der Waals surface area contributed by atoms with Crippen molar-refractivity contribution in [3.05, 3.63) is 45.7 Å². The number of amides is 1. The van der Waals surface area contributed by atoms with E-state index in [-0.39, 0.29) is 23.9 Å². The number of hydrogen-bond acceptors (Lipinski definition) is 4. The number of ether oxygens (including phenoxy) is 1. The number of hydrogen-bond donors (Lipinski definition) is 1. The summed E-state index contributed by atoms with van der Waals surface area (Å²) in [6.07, 6.45) is 2.30. The lowest BCUT2D eigenvalue weighted by atomic mass is 9.98. The van der Waals surface area contributed by atoms with E-state index in [2.05, 4.69) is 23.1 Å². The minimum Gasteiger partial charge on any atom is -0.378 e. The third-order valence-electron chi connectivity index (χ3n) is 5.29. The molecule has 0 saturated carbocycles. The molecule has 1 fully saturated rings. The first-order valence-corrected chi connectivity index (χ1v) is 8.88. The monoisotopic (exact) mass is 341 g/mol. The van der Waals surface area contributed by atoms with Gasteiger partial charge in [0.05, 0.1) is 18.7 Å². The number of nitrogens with two attached hydrogens (primary N) is 1. The van der Waals surface area contributed by atoms with Crippen molar-refractivity contribution in [2.45, 2.75) is 38.4 Å². The number of para-hydroxylation sites is 1. The van der Waals surface area contributed by atoms with Crippen molar-refractivity contribution in [1.82, 2.24) is 9.47 Å². The molecule has 6 nitrogen and oxygen atoms in total. The van der Waals surface area contributed by atoms with Gasteiger partial charge in [0.2, 0.25) is 5.91 Å². The number of aromatic nitrogens is 1. The second-order valence-electron chi connectivity index (χ2n) is 6.95. The van der Waals surface area contributed by atoms with Crippen LogP contribution in [0, 0.1) is 0 Å². The molecule has 1 saturated heterocycles. The Morgan fingerprint density at radius 2 is 2.20 bits per heavy atom. The average Bonchev–Trinajstić information content (AvgIpc) is 2.60. The summed E-state index contributed by atoms with van der Waals surface area (Å²) >= 11 is 0. The van der Waals surface area contributed by atoms with Gasteiger partial charge in [-0.15, -0.1) is 0 Å². The molecule has 1 amide bonds. The highest BCUT2D eigenvalue weighted by Gasteiger charge is 2.26. The van der Waals surface area contributed by atoms with Crippen molar-refractivity contribution < 1.29 is 9.53 Å². The largest absolute Gasteiger partial charge is 0.378 e. The van der Waals surface area contributed by atoms with Gasteiger partial charge in [0, 0.05) is 43.5 Å². The van der Waals surface area contributed by atoms with Crippen LogP contribution in [0.5, 0.6) is 0 Å². The van der Waals surface area contributed by atoms with Gasteiger partial charge in [-0.25, -0.2) is 0 Å². The van der Waals surface area contributed by atoms with Crippen molar-refractivity contribution in [1.29, 1.82) is 0 Å². The third-order valence-corrected chi connectivity index (χ3v) is 5.29. The Hall–Kier alpha value is -2.18. The molecule has 1 aromatic carbocycles. The fourth-order valence-corrected chi connectivity index (χ4v) is 4.10. The van der Waals surface area contributed by atoms with Crippen LogP contribution in [0.2, 0.25) is 0 Å². The lowest BCUT2D eigenvalue weighted by Gasteiger charge is -2.35. The van der Waals surface area contributed by atoms with E-state index in [0.29, 0.717) is 19.8 Å². The lowest BCUT2D eigenvalue weighted by molar-refractivity contribution is -0.121. The van der Waals surface area contributed by atoms with Crippen molar-refractivity contribution in [3.8, 4) is 0 Å². The average molecular weight is 341 g/mol. The summed E-state index contributed by atoms with van der Waals surface area (Å²) in [5.41, 5.74) is 8.80. The van der Waals surface area contributed by atoms with Crippen LogP contribution in [0.3, 0.4) is 0 Å². The van der Waals surface area contributed by atoms with Crippen molar-refractivity contribution in [2.75, 3.05) is 19.8 Å². The maximum Gasteiger partial charge on any atom is 0.251 e. The molecule has 1 atom stereocenters. The van der Waals surface area contributed by atoms with Gasteiger partial charge in [0.15, 0.2) is 0 Å². The fraction of sp³-hybridized carbons (Fsp3) is 0.474. The van der Waals surface area contributed by atoms with Gasteiger partial charge in [0.25, 0.3) is 5.56 Å². The summed E-state index contributed by atoms with van der Waals surface area (Å²) in [7, 11) is 0. The summed E-state index contributed by atoms with van der Waals surface area (Å²) in [5.74, 6) is -0.322. The first kappa shape index (κ1) is 16.3. The van der Waals surface area contributed by atoms with E-state index in [0.717, 1.165) is 42.4 Å². The maximum atomic E-state index is 12.6. The second-order valence-corrected chi connectivity index (χ2v) is 6.95. The van der Waals surface area contributed by atoms with Gasteiger partial charge in [-0.1, -0.05) is 18.2 Å². The smallest absolute Gasteiger partial charge is 0.251 e. The number of carbonyl (C=O) groups excluding carboxylic acids is 1. The third kappa shape index (κ3) is 3.07. The molecule has 132 valence electrons. The topological polar surface area (TPSA) is 77.6 Å². The highest BCUT2D eigenvalue weighted by molar-refractivity contribution is 5.86. The summed E-state index contributed by atoms with van der Waals surface area (Å²) in [6, 6.07) is 8.01. The molecule has 0 aliphatic carbocycles. The molecular formula is C19H23N3O3. The Morgan fingerprint density at radius 1 is 1.32 bits per heavy atom. The molecule has 0 radical (unpaired) electrons. The molecule has 2 aliphatic rings. The van der Waals surface area contributed by atoms with Crippen LogP contribution in [-0.4, -0.2) is 41.2 Å². The molecule has 0 bridgehead atoms. The highest BCUT2D eigenvalue weighted by atomic mass is 16.5. The molecule has 1 unspecified atom stereocenters. The first-order chi connectivity index (χ1) is 12.1. The predicted octanol–water partition coefficient (Wildman–Crippen LogP) is 1.02. The molecule has 4 rings (SSSR count). The molecule has 2 aliphatic heterocycles. The van der Waals surface area contributed by atoms with Gasteiger partial charge in [-0.05, 0) is 24.0 Å². The number of aryl methyl sites for hydroxylation is 2. The number of carbonyl (C=O) groups is 1. The van der Waals surface area contributed by atoms with Crippen molar-refractivity contribution >= 4 is 16.8 Å². The van der Waals surface area contributed by atoms with E-state index in [1.54, 1.807) is 6.07 Å². The number of pyridine rings is 1. The van der Waals surface area contributed by atoms with Crippen LogP contribution in [0.1, 0.15) is 24.0 Å². The van der Waals surface area contributed by atoms with E-state index in [4.69, 9.17) is 10.5 Å². The van der Waals surface area contributed by atoms with E-state index >= 15 is 0 Å². The van der Waals surface area contributed by atoms with E-state index in [1.165, 1.54) is 5.56 Å². The Bertz CT molecular complexity index is 874. The Labute approximate surface area is 146 Å². The number of benzene rings is 1. The minimum absolute atomic E-state index is 0.0279. The van der Waals surface area contributed by atoms with Gasteiger partial charge in [-0.3, -0.25) is 14.5 Å². The van der Waals surface area contributed by atoms with Gasteiger partial charge < -0.3 is 15.0 Å². The molecule has 1 aromatic heterocycles. The van der Waals surface area contributed by atoms with Crippen LogP contribution >= 0.6 is 0 Å². The number of nitrogens with zero attached hydrogens (tertiary/aromatic N) is 2. The van der Waals surface area contributed by atoms with Crippen LogP contribution in [0.25, 0.3) is 10.9 Å². The Balaban J connectivity index is 1.73. The Morgan fingerprint density at radius 3 is 3.04 bits per heavy atom. The normalized spacial score (nSPS) is 20.7. The maximum absolute atomic E-state index is 12.6. The SMILES string of the molecule is NC(=O)CC1COCCN1Cc1cc(=O)n2c3c(cccc13)CCC2.